The Labute approximate surface area is 166 Å². The van der Waals surface area contributed by atoms with Crippen molar-refractivity contribution >= 4 is 23.5 Å². The van der Waals surface area contributed by atoms with Crippen LogP contribution in [-0.2, 0) is 4.79 Å². The highest BCUT2D eigenvalue weighted by molar-refractivity contribution is 6.30. The largest absolute Gasteiger partial charge is 0.343 e. The number of benzene rings is 1. The third-order valence-corrected chi connectivity index (χ3v) is 6.33. The molecule has 2 N–H and O–H groups in total. The smallest absolute Gasteiger partial charge is 0.315 e. The van der Waals surface area contributed by atoms with Crippen molar-refractivity contribution in [2.45, 2.75) is 64.0 Å². The maximum absolute atomic E-state index is 12.8. The lowest BCUT2D eigenvalue weighted by Crippen LogP contribution is -2.56. The van der Waals surface area contributed by atoms with E-state index < -0.39 is 0 Å². The fraction of sp³-hybridized carbons (Fsp3) is 0.619. The molecular formula is C21H30ClN3O2. The Bertz CT molecular complexity index is 680. The van der Waals surface area contributed by atoms with Crippen LogP contribution in [0.1, 0.15) is 64.0 Å². The summed E-state index contributed by atoms with van der Waals surface area (Å²) in [5, 5.41) is 7.09. The van der Waals surface area contributed by atoms with Gasteiger partial charge in [0, 0.05) is 30.6 Å². The Hall–Kier alpha value is -1.75. The van der Waals surface area contributed by atoms with E-state index in [4.69, 9.17) is 11.6 Å². The number of hydrogen-bond acceptors (Lipinski definition) is 2. The van der Waals surface area contributed by atoms with E-state index in [-0.39, 0.29) is 23.5 Å². The molecule has 148 valence electrons. The standard InChI is InChI=1S/C21H30ClN3O2/c1-15(26)25-12-10-21(2,11-13-25)24-20(27)23-19(16-6-3-4-7-16)17-8-5-9-18(22)14-17/h5,8-9,14,16,19H,3-4,6-7,10-13H2,1-2H3,(H2,23,24,27). The fourth-order valence-electron chi connectivity index (χ4n) is 4.36. The summed E-state index contributed by atoms with van der Waals surface area (Å²) in [6, 6.07) is 7.65. The molecule has 2 fully saturated rings. The molecule has 2 aliphatic rings. The second kappa shape index (κ2) is 8.51. The Balaban J connectivity index is 1.65. The molecule has 1 saturated heterocycles. The van der Waals surface area contributed by atoms with Gasteiger partial charge in [-0.15, -0.1) is 0 Å². The summed E-state index contributed by atoms with van der Waals surface area (Å²) in [5.74, 6) is 0.547. The van der Waals surface area contributed by atoms with Gasteiger partial charge in [0.2, 0.25) is 5.91 Å². The zero-order valence-corrected chi connectivity index (χ0v) is 17.0. The Morgan fingerprint density at radius 1 is 1.22 bits per heavy atom. The van der Waals surface area contributed by atoms with E-state index in [0.717, 1.165) is 31.2 Å². The molecule has 1 aromatic carbocycles. The van der Waals surface area contributed by atoms with Crippen LogP contribution in [0.5, 0.6) is 0 Å². The number of likely N-dealkylation sites (tertiary alicyclic amines) is 1. The highest BCUT2D eigenvalue weighted by Gasteiger charge is 2.34. The van der Waals surface area contributed by atoms with Gasteiger partial charge >= 0.3 is 6.03 Å². The molecule has 1 unspecified atom stereocenters. The molecule has 6 heteroatoms. The molecule has 1 atom stereocenters. The number of hydrogen-bond donors (Lipinski definition) is 2. The van der Waals surface area contributed by atoms with Gasteiger partial charge < -0.3 is 15.5 Å². The number of carbonyl (C=O) groups is 2. The minimum atomic E-state index is -0.287. The van der Waals surface area contributed by atoms with E-state index in [0.29, 0.717) is 24.0 Å². The van der Waals surface area contributed by atoms with Crippen molar-refractivity contribution < 1.29 is 9.59 Å². The normalized spacial score (nSPS) is 20.9. The van der Waals surface area contributed by atoms with Crippen LogP contribution in [0.2, 0.25) is 5.02 Å². The van der Waals surface area contributed by atoms with Crippen LogP contribution >= 0.6 is 11.6 Å². The van der Waals surface area contributed by atoms with Gasteiger partial charge in [-0.1, -0.05) is 36.6 Å². The number of nitrogens with one attached hydrogen (secondary N) is 2. The van der Waals surface area contributed by atoms with Crippen LogP contribution in [0.4, 0.5) is 4.79 Å². The lowest BCUT2D eigenvalue weighted by atomic mass is 9.89. The second-order valence-corrected chi connectivity index (χ2v) is 8.68. The number of carbonyl (C=O) groups excluding carboxylic acids is 2. The Morgan fingerprint density at radius 3 is 2.48 bits per heavy atom. The van der Waals surface area contributed by atoms with Gasteiger partial charge in [0.25, 0.3) is 0 Å². The number of halogens is 1. The first-order chi connectivity index (χ1) is 12.9. The predicted octanol–water partition coefficient (Wildman–Crippen LogP) is 4.27. The second-order valence-electron chi connectivity index (χ2n) is 8.24. The van der Waals surface area contributed by atoms with E-state index in [2.05, 4.69) is 17.6 Å². The van der Waals surface area contributed by atoms with E-state index in [1.807, 2.05) is 29.2 Å². The van der Waals surface area contributed by atoms with Crippen LogP contribution in [0, 0.1) is 5.92 Å². The van der Waals surface area contributed by atoms with Crippen molar-refractivity contribution in [1.29, 1.82) is 0 Å². The highest BCUT2D eigenvalue weighted by Crippen LogP contribution is 2.36. The van der Waals surface area contributed by atoms with E-state index in [1.165, 1.54) is 12.8 Å². The van der Waals surface area contributed by atoms with Gasteiger partial charge in [0.1, 0.15) is 0 Å². The van der Waals surface area contributed by atoms with E-state index in [9.17, 15) is 9.59 Å². The SMILES string of the molecule is CC(=O)N1CCC(C)(NC(=O)NC(c2cccc(Cl)c2)C2CCCC2)CC1. The van der Waals surface area contributed by atoms with Crippen molar-refractivity contribution in [1.82, 2.24) is 15.5 Å². The van der Waals surface area contributed by atoms with Crippen molar-refractivity contribution in [3.05, 3.63) is 34.9 Å². The molecule has 1 aliphatic heterocycles. The first kappa shape index (κ1) is 20.0. The first-order valence-corrected chi connectivity index (χ1v) is 10.3. The lowest BCUT2D eigenvalue weighted by molar-refractivity contribution is -0.130. The van der Waals surface area contributed by atoms with Crippen molar-refractivity contribution in [3.8, 4) is 0 Å². The molecule has 0 aromatic heterocycles. The molecule has 0 radical (unpaired) electrons. The van der Waals surface area contributed by atoms with Crippen LogP contribution in [0.15, 0.2) is 24.3 Å². The van der Waals surface area contributed by atoms with Crippen molar-refractivity contribution in [3.63, 3.8) is 0 Å². The first-order valence-electron chi connectivity index (χ1n) is 9.96. The molecule has 3 amide bonds. The number of rotatable bonds is 4. The summed E-state index contributed by atoms with van der Waals surface area (Å²) in [5.41, 5.74) is 0.783. The van der Waals surface area contributed by atoms with Gasteiger partial charge in [-0.25, -0.2) is 4.79 Å². The zero-order chi connectivity index (χ0) is 19.4. The summed E-state index contributed by atoms with van der Waals surface area (Å²) in [7, 11) is 0. The van der Waals surface area contributed by atoms with E-state index in [1.54, 1.807) is 6.92 Å². The average Bonchev–Trinajstić information content (AvgIpc) is 3.14. The van der Waals surface area contributed by atoms with Crippen LogP contribution < -0.4 is 10.6 Å². The number of amides is 3. The monoisotopic (exact) mass is 391 g/mol. The molecule has 0 spiro atoms. The third kappa shape index (κ3) is 5.16. The minimum Gasteiger partial charge on any atom is -0.343 e. The van der Waals surface area contributed by atoms with Crippen LogP contribution in [0.3, 0.4) is 0 Å². The third-order valence-electron chi connectivity index (χ3n) is 6.09. The Kier molecular flexibility index (Phi) is 6.30. The summed E-state index contributed by atoms with van der Waals surface area (Å²) < 4.78 is 0. The van der Waals surface area contributed by atoms with Gasteiger partial charge in [0.05, 0.1) is 6.04 Å². The van der Waals surface area contributed by atoms with Gasteiger partial charge in [-0.2, -0.15) is 0 Å². The number of nitrogens with zero attached hydrogens (tertiary/aromatic N) is 1. The zero-order valence-electron chi connectivity index (χ0n) is 16.3. The minimum absolute atomic E-state index is 0.0212. The van der Waals surface area contributed by atoms with E-state index >= 15 is 0 Å². The molecule has 3 rings (SSSR count). The number of piperidine rings is 1. The summed E-state index contributed by atoms with van der Waals surface area (Å²) >= 11 is 6.19. The molecule has 1 saturated carbocycles. The summed E-state index contributed by atoms with van der Waals surface area (Å²) in [4.78, 5) is 26.2. The van der Waals surface area contributed by atoms with Gasteiger partial charge in [-0.3, -0.25) is 4.79 Å². The fourth-order valence-corrected chi connectivity index (χ4v) is 4.55. The molecule has 5 nitrogen and oxygen atoms in total. The van der Waals surface area contributed by atoms with Crippen molar-refractivity contribution in [2.24, 2.45) is 5.92 Å². The molecule has 1 heterocycles. The maximum Gasteiger partial charge on any atom is 0.315 e. The quantitative estimate of drug-likeness (QED) is 0.805. The molecular weight excluding hydrogens is 362 g/mol. The van der Waals surface area contributed by atoms with Gasteiger partial charge in [0.15, 0.2) is 0 Å². The molecule has 0 bridgehead atoms. The summed E-state index contributed by atoms with van der Waals surface area (Å²) in [6.45, 7) is 5.03. The molecule has 1 aromatic rings. The maximum atomic E-state index is 12.8. The lowest BCUT2D eigenvalue weighted by Gasteiger charge is -2.40. The average molecular weight is 392 g/mol. The molecule has 1 aliphatic carbocycles. The Morgan fingerprint density at radius 2 is 1.89 bits per heavy atom. The van der Waals surface area contributed by atoms with Crippen LogP contribution in [-0.4, -0.2) is 35.5 Å². The van der Waals surface area contributed by atoms with Crippen LogP contribution in [0.25, 0.3) is 0 Å². The number of urea groups is 1. The van der Waals surface area contributed by atoms with Crippen molar-refractivity contribution in [2.75, 3.05) is 13.1 Å². The molecule has 27 heavy (non-hydrogen) atoms. The topological polar surface area (TPSA) is 61.4 Å². The summed E-state index contributed by atoms with van der Waals surface area (Å²) in [6.07, 6.45) is 6.22. The van der Waals surface area contributed by atoms with Gasteiger partial charge in [-0.05, 0) is 56.2 Å². The highest BCUT2D eigenvalue weighted by atomic mass is 35.5. The predicted molar refractivity (Wildman–Crippen MR) is 108 cm³/mol.